The summed E-state index contributed by atoms with van der Waals surface area (Å²) in [5.74, 6) is -0.408. The number of nitrogens with zero attached hydrogens (tertiary/aromatic N) is 2. The van der Waals surface area contributed by atoms with Crippen molar-refractivity contribution in [1.82, 2.24) is 4.90 Å². The Kier molecular flexibility index (Phi) is 4.74. The van der Waals surface area contributed by atoms with E-state index < -0.39 is 6.04 Å². The minimum atomic E-state index is -0.658. The van der Waals surface area contributed by atoms with Crippen molar-refractivity contribution < 1.29 is 14.4 Å². The lowest BCUT2D eigenvalue weighted by atomic mass is 9.92. The van der Waals surface area contributed by atoms with Crippen molar-refractivity contribution in [2.24, 2.45) is 5.92 Å². The summed E-state index contributed by atoms with van der Waals surface area (Å²) in [6.45, 7) is 0. The Bertz CT molecular complexity index is 723. The van der Waals surface area contributed by atoms with Crippen molar-refractivity contribution in [1.29, 1.82) is 0 Å². The molecule has 0 aromatic heterocycles. The number of anilines is 1. The predicted molar refractivity (Wildman–Crippen MR) is 98.8 cm³/mol. The van der Waals surface area contributed by atoms with Crippen LogP contribution in [-0.4, -0.2) is 34.7 Å². The molecule has 6 heteroatoms. The van der Waals surface area contributed by atoms with Gasteiger partial charge in [-0.15, -0.1) is 0 Å². The molecule has 138 valence electrons. The van der Waals surface area contributed by atoms with Crippen molar-refractivity contribution in [2.45, 2.75) is 63.5 Å². The minimum Gasteiger partial charge on any atom is -0.327 e. The van der Waals surface area contributed by atoms with Gasteiger partial charge in [-0.3, -0.25) is 14.4 Å². The summed E-state index contributed by atoms with van der Waals surface area (Å²) in [6.07, 6.45) is 7.07. The number of benzene rings is 1. The van der Waals surface area contributed by atoms with Crippen LogP contribution in [0.3, 0.4) is 0 Å². The smallest absolute Gasteiger partial charge is 0.257 e. The predicted octanol–water partition coefficient (Wildman–Crippen LogP) is 3.54. The van der Waals surface area contributed by atoms with E-state index in [2.05, 4.69) is 0 Å². The van der Waals surface area contributed by atoms with Gasteiger partial charge in [0.05, 0.1) is 12.1 Å². The Labute approximate surface area is 158 Å². The maximum atomic E-state index is 13.1. The molecule has 2 saturated carbocycles. The summed E-state index contributed by atoms with van der Waals surface area (Å²) in [5, 5.41) is 0.553. The van der Waals surface area contributed by atoms with Crippen molar-refractivity contribution in [2.75, 3.05) is 4.90 Å². The van der Waals surface area contributed by atoms with Gasteiger partial charge in [0, 0.05) is 17.0 Å². The van der Waals surface area contributed by atoms with Gasteiger partial charge in [-0.05, 0) is 49.9 Å². The van der Waals surface area contributed by atoms with Gasteiger partial charge in [0.2, 0.25) is 11.8 Å². The fraction of sp³-hybridized carbons (Fsp3) is 0.550. The van der Waals surface area contributed by atoms with E-state index in [1.54, 1.807) is 29.2 Å². The zero-order valence-electron chi connectivity index (χ0n) is 14.7. The highest BCUT2D eigenvalue weighted by molar-refractivity contribution is 6.30. The van der Waals surface area contributed by atoms with Crippen molar-refractivity contribution >= 4 is 35.0 Å². The topological polar surface area (TPSA) is 57.7 Å². The Morgan fingerprint density at radius 2 is 1.65 bits per heavy atom. The van der Waals surface area contributed by atoms with Gasteiger partial charge in [-0.25, -0.2) is 4.90 Å². The van der Waals surface area contributed by atoms with Crippen LogP contribution < -0.4 is 4.90 Å². The highest BCUT2D eigenvalue weighted by atomic mass is 35.5. The molecular weight excluding hydrogens is 352 g/mol. The summed E-state index contributed by atoms with van der Waals surface area (Å²) < 4.78 is 0. The average Bonchev–Trinajstić information content (AvgIpc) is 3.45. The first-order valence-corrected chi connectivity index (χ1v) is 9.88. The molecule has 1 saturated heterocycles. The molecule has 3 fully saturated rings. The van der Waals surface area contributed by atoms with Crippen molar-refractivity contribution in [3.8, 4) is 0 Å². The molecule has 1 aromatic carbocycles. The van der Waals surface area contributed by atoms with E-state index in [9.17, 15) is 14.4 Å². The van der Waals surface area contributed by atoms with Crippen LogP contribution in [0.1, 0.15) is 51.4 Å². The Morgan fingerprint density at radius 1 is 1.00 bits per heavy atom. The normalized spacial score (nSPS) is 24.2. The molecule has 1 unspecified atom stereocenters. The van der Waals surface area contributed by atoms with Gasteiger partial charge >= 0.3 is 0 Å². The molecule has 2 aliphatic carbocycles. The molecule has 3 amide bonds. The maximum Gasteiger partial charge on any atom is 0.257 e. The fourth-order valence-corrected chi connectivity index (χ4v) is 4.31. The lowest BCUT2D eigenvalue weighted by Gasteiger charge is -2.37. The highest BCUT2D eigenvalue weighted by Gasteiger charge is 2.48. The SMILES string of the molecule is O=C1CC(N(C(=O)C2CC2)C2CCCCC2)C(=O)N1c1ccc(Cl)cc1. The van der Waals surface area contributed by atoms with Crippen LogP contribution in [-0.2, 0) is 14.4 Å². The number of amides is 3. The van der Waals surface area contributed by atoms with Crippen LogP contribution in [0.15, 0.2) is 24.3 Å². The fourth-order valence-electron chi connectivity index (χ4n) is 4.18. The molecule has 1 aromatic rings. The lowest BCUT2D eigenvalue weighted by Crippen LogP contribution is -2.52. The average molecular weight is 375 g/mol. The monoisotopic (exact) mass is 374 g/mol. The molecule has 5 nitrogen and oxygen atoms in total. The molecular formula is C20H23ClN2O3. The second-order valence-electron chi connectivity index (χ2n) is 7.58. The molecule has 4 rings (SSSR count). The van der Waals surface area contributed by atoms with Crippen LogP contribution in [0.4, 0.5) is 5.69 Å². The number of hydrogen-bond acceptors (Lipinski definition) is 3. The first-order chi connectivity index (χ1) is 12.6. The van der Waals surface area contributed by atoms with E-state index in [0.29, 0.717) is 10.7 Å². The minimum absolute atomic E-state index is 0.0458. The Morgan fingerprint density at radius 3 is 2.27 bits per heavy atom. The number of hydrogen-bond donors (Lipinski definition) is 0. The first kappa shape index (κ1) is 17.5. The highest BCUT2D eigenvalue weighted by Crippen LogP contribution is 2.37. The second-order valence-corrected chi connectivity index (χ2v) is 8.01. The zero-order chi connectivity index (χ0) is 18.3. The van der Waals surface area contributed by atoms with Crippen LogP contribution in [0.5, 0.6) is 0 Å². The standard InChI is InChI=1S/C20H23ClN2O3/c21-14-8-10-16(11-9-14)23-18(24)12-17(20(23)26)22(19(25)13-6-7-13)15-4-2-1-3-5-15/h8-11,13,15,17H,1-7,12H2. The van der Waals surface area contributed by atoms with E-state index >= 15 is 0 Å². The second kappa shape index (κ2) is 7.03. The van der Waals surface area contributed by atoms with E-state index in [1.807, 2.05) is 0 Å². The maximum absolute atomic E-state index is 13.1. The van der Waals surface area contributed by atoms with Gasteiger partial charge in [-0.1, -0.05) is 30.9 Å². The van der Waals surface area contributed by atoms with E-state index in [4.69, 9.17) is 11.6 Å². The summed E-state index contributed by atoms with van der Waals surface area (Å²) >= 11 is 5.91. The van der Waals surface area contributed by atoms with Crippen molar-refractivity contribution in [3.05, 3.63) is 29.3 Å². The van der Waals surface area contributed by atoms with Crippen LogP contribution in [0.2, 0.25) is 5.02 Å². The molecule has 3 aliphatic rings. The number of carbonyl (C=O) groups excluding carboxylic acids is 3. The Hall–Kier alpha value is -1.88. The molecule has 0 N–H and O–H groups in total. The summed E-state index contributed by atoms with van der Waals surface area (Å²) in [5.41, 5.74) is 0.523. The molecule has 1 atom stereocenters. The quantitative estimate of drug-likeness (QED) is 0.757. The molecule has 0 spiro atoms. The van der Waals surface area contributed by atoms with Gasteiger partial charge in [0.15, 0.2) is 0 Å². The third-order valence-corrected chi connectivity index (χ3v) is 5.94. The lowest BCUT2D eigenvalue weighted by molar-refractivity contribution is -0.143. The third-order valence-electron chi connectivity index (χ3n) is 5.69. The van der Waals surface area contributed by atoms with Crippen LogP contribution in [0.25, 0.3) is 0 Å². The number of imide groups is 1. The third kappa shape index (κ3) is 3.25. The molecule has 26 heavy (non-hydrogen) atoms. The van der Waals surface area contributed by atoms with Gasteiger partial charge in [0.25, 0.3) is 5.91 Å². The zero-order valence-corrected chi connectivity index (χ0v) is 15.5. The number of halogens is 1. The summed E-state index contributed by atoms with van der Waals surface area (Å²) in [4.78, 5) is 41.7. The molecule has 1 aliphatic heterocycles. The number of rotatable bonds is 4. The first-order valence-electron chi connectivity index (χ1n) is 9.51. The summed E-state index contributed by atoms with van der Waals surface area (Å²) in [6, 6.07) is 6.11. The van der Waals surface area contributed by atoms with Gasteiger partial charge in [-0.2, -0.15) is 0 Å². The molecule has 1 heterocycles. The molecule has 0 bridgehead atoms. The largest absolute Gasteiger partial charge is 0.327 e. The van der Waals surface area contributed by atoms with Crippen molar-refractivity contribution in [3.63, 3.8) is 0 Å². The molecule has 0 radical (unpaired) electrons. The van der Waals surface area contributed by atoms with Gasteiger partial charge in [0.1, 0.15) is 6.04 Å². The summed E-state index contributed by atoms with van der Waals surface area (Å²) in [7, 11) is 0. The van der Waals surface area contributed by atoms with Crippen LogP contribution in [0, 0.1) is 5.92 Å². The van der Waals surface area contributed by atoms with E-state index in [0.717, 1.165) is 38.5 Å². The van der Waals surface area contributed by atoms with E-state index in [-0.39, 0.29) is 36.1 Å². The number of carbonyl (C=O) groups is 3. The van der Waals surface area contributed by atoms with E-state index in [1.165, 1.54) is 11.3 Å². The van der Waals surface area contributed by atoms with Gasteiger partial charge < -0.3 is 4.90 Å². The Balaban J connectivity index is 1.61. The van der Waals surface area contributed by atoms with Crippen LogP contribution >= 0.6 is 11.6 Å².